The van der Waals surface area contributed by atoms with Crippen molar-refractivity contribution in [3.05, 3.63) is 17.5 Å². The number of hydrogen-bond donors (Lipinski definition) is 2. The van der Waals surface area contributed by atoms with Crippen molar-refractivity contribution in [2.75, 3.05) is 7.05 Å². The maximum atomic E-state index is 5.35. The second-order valence-corrected chi connectivity index (χ2v) is 4.96. The van der Waals surface area contributed by atoms with Gasteiger partial charge in [0.2, 0.25) is 0 Å². The lowest BCUT2D eigenvalue weighted by Gasteiger charge is -2.13. The summed E-state index contributed by atoms with van der Waals surface area (Å²) < 4.78 is 5.35. The highest BCUT2D eigenvalue weighted by Crippen LogP contribution is 2.22. The Morgan fingerprint density at radius 1 is 1.35 bits per heavy atom. The van der Waals surface area contributed by atoms with E-state index >= 15 is 0 Å². The fourth-order valence-corrected chi connectivity index (χ4v) is 1.95. The van der Waals surface area contributed by atoms with Gasteiger partial charge in [0.15, 0.2) is 11.7 Å². The molecule has 0 atom stereocenters. The van der Waals surface area contributed by atoms with Crippen LogP contribution in [0.25, 0.3) is 0 Å². The van der Waals surface area contributed by atoms with Crippen molar-refractivity contribution in [2.45, 2.75) is 59.0 Å². The molecule has 0 saturated carbocycles. The topological polar surface area (TPSA) is 62.5 Å². The second kappa shape index (κ2) is 10.0. The van der Waals surface area contributed by atoms with E-state index in [2.05, 4.69) is 48.5 Å². The molecule has 0 aliphatic carbocycles. The highest BCUT2D eigenvalue weighted by atomic mass is 127. The van der Waals surface area contributed by atoms with Gasteiger partial charge in [-0.15, -0.1) is 24.0 Å². The van der Waals surface area contributed by atoms with E-state index in [0.29, 0.717) is 18.5 Å². The zero-order valence-corrected chi connectivity index (χ0v) is 15.4. The quantitative estimate of drug-likeness (QED) is 0.442. The van der Waals surface area contributed by atoms with Crippen LogP contribution in [0, 0.1) is 0 Å². The van der Waals surface area contributed by atoms with Gasteiger partial charge < -0.3 is 15.2 Å². The Morgan fingerprint density at radius 3 is 2.50 bits per heavy atom. The third-order valence-corrected chi connectivity index (χ3v) is 3.06. The molecule has 6 heteroatoms. The van der Waals surface area contributed by atoms with E-state index in [1.807, 2.05) is 6.07 Å². The van der Waals surface area contributed by atoms with Gasteiger partial charge in [-0.25, -0.2) is 0 Å². The lowest BCUT2D eigenvalue weighted by Crippen LogP contribution is -2.40. The minimum absolute atomic E-state index is 0. The zero-order chi connectivity index (χ0) is 14.3. The van der Waals surface area contributed by atoms with Crippen LogP contribution in [-0.2, 0) is 6.54 Å². The monoisotopic (exact) mass is 394 g/mol. The third kappa shape index (κ3) is 6.11. The molecule has 5 nitrogen and oxygen atoms in total. The normalized spacial score (nSPS) is 11.7. The number of halogens is 1. The van der Waals surface area contributed by atoms with Crippen molar-refractivity contribution in [1.82, 2.24) is 15.8 Å². The van der Waals surface area contributed by atoms with E-state index in [0.717, 1.165) is 30.3 Å². The Morgan fingerprint density at radius 2 is 2.00 bits per heavy atom. The van der Waals surface area contributed by atoms with Gasteiger partial charge in [-0.1, -0.05) is 19.0 Å². The Labute approximate surface area is 139 Å². The van der Waals surface area contributed by atoms with Gasteiger partial charge in [0.1, 0.15) is 0 Å². The van der Waals surface area contributed by atoms with E-state index in [4.69, 9.17) is 4.52 Å². The number of hydrogen-bond acceptors (Lipinski definition) is 3. The minimum atomic E-state index is 0. The lowest BCUT2D eigenvalue weighted by atomic mass is 9.99. The summed E-state index contributed by atoms with van der Waals surface area (Å²) in [6, 6.07) is 2.38. The van der Waals surface area contributed by atoms with Gasteiger partial charge in [-0.2, -0.15) is 0 Å². The van der Waals surface area contributed by atoms with Crippen molar-refractivity contribution in [1.29, 1.82) is 0 Å². The van der Waals surface area contributed by atoms with Crippen LogP contribution in [0.4, 0.5) is 0 Å². The van der Waals surface area contributed by atoms with E-state index in [-0.39, 0.29) is 24.0 Å². The molecule has 0 bridgehead atoms. The van der Waals surface area contributed by atoms with Crippen LogP contribution in [0.2, 0.25) is 0 Å². The fourth-order valence-electron chi connectivity index (χ4n) is 1.95. The summed E-state index contributed by atoms with van der Waals surface area (Å²) in [7, 11) is 1.76. The molecular weight excluding hydrogens is 367 g/mol. The molecule has 0 spiro atoms. The highest BCUT2D eigenvalue weighted by molar-refractivity contribution is 14.0. The number of rotatable bonds is 6. The molecule has 0 aliphatic rings. The molecule has 0 unspecified atom stereocenters. The van der Waals surface area contributed by atoms with Gasteiger partial charge in [0, 0.05) is 25.1 Å². The molecule has 20 heavy (non-hydrogen) atoms. The van der Waals surface area contributed by atoms with Crippen molar-refractivity contribution in [2.24, 2.45) is 4.99 Å². The first-order valence-electron chi connectivity index (χ1n) is 7.03. The summed E-state index contributed by atoms with van der Waals surface area (Å²) in [4.78, 5) is 4.15. The predicted octanol–water partition coefficient (Wildman–Crippen LogP) is 3.27. The Balaban J connectivity index is 0.00000361. The fraction of sp³-hybridized carbons (Fsp3) is 0.714. The van der Waals surface area contributed by atoms with Crippen LogP contribution in [0.5, 0.6) is 0 Å². The molecule has 0 aromatic carbocycles. The molecule has 0 radical (unpaired) electrons. The van der Waals surface area contributed by atoms with Crippen LogP contribution in [0.15, 0.2) is 15.6 Å². The maximum Gasteiger partial charge on any atom is 0.191 e. The first-order chi connectivity index (χ1) is 9.10. The molecule has 2 N–H and O–H groups in total. The molecule has 0 fully saturated rings. The average Bonchev–Trinajstić information content (AvgIpc) is 2.84. The van der Waals surface area contributed by atoms with Gasteiger partial charge in [0.05, 0.1) is 12.2 Å². The summed E-state index contributed by atoms with van der Waals surface area (Å²) in [6.45, 7) is 9.10. The van der Waals surface area contributed by atoms with E-state index in [1.54, 1.807) is 7.05 Å². The Bertz CT molecular complexity index is 400. The van der Waals surface area contributed by atoms with Crippen LogP contribution < -0.4 is 10.6 Å². The zero-order valence-electron chi connectivity index (χ0n) is 13.1. The van der Waals surface area contributed by atoms with Gasteiger partial charge >= 0.3 is 0 Å². The number of aromatic nitrogens is 1. The van der Waals surface area contributed by atoms with Crippen LogP contribution in [0.1, 0.15) is 57.9 Å². The number of nitrogens with one attached hydrogen (secondary N) is 2. The predicted molar refractivity (Wildman–Crippen MR) is 93.7 cm³/mol. The van der Waals surface area contributed by atoms with Crippen molar-refractivity contribution in [3.63, 3.8) is 0 Å². The Kier molecular flexibility index (Phi) is 9.62. The molecule has 1 aromatic heterocycles. The number of guanidine groups is 1. The molecule has 1 rings (SSSR count). The largest absolute Gasteiger partial charge is 0.359 e. The SMILES string of the molecule is CCC(CC)c1cc(CNC(=NC)NC(C)C)on1.I. The van der Waals surface area contributed by atoms with Gasteiger partial charge in [0.25, 0.3) is 0 Å². The lowest BCUT2D eigenvalue weighted by molar-refractivity contribution is 0.368. The summed E-state index contributed by atoms with van der Waals surface area (Å²) >= 11 is 0. The summed E-state index contributed by atoms with van der Waals surface area (Å²) in [5, 5.41) is 10.6. The van der Waals surface area contributed by atoms with Crippen molar-refractivity contribution in [3.8, 4) is 0 Å². The molecular formula is C14H27IN4O. The standard InChI is InChI=1S/C14H26N4O.HI/c1-6-11(7-2)13-8-12(19-18-13)9-16-14(15-5)17-10(3)4;/h8,10-11H,6-7,9H2,1-5H3,(H2,15,16,17);1H. The number of aliphatic imine (C=N–C) groups is 1. The number of nitrogens with zero attached hydrogens (tertiary/aromatic N) is 2. The Hall–Kier alpha value is -0.790. The molecule has 1 aromatic rings. The van der Waals surface area contributed by atoms with E-state index in [9.17, 15) is 0 Å². The van der Waals surface area contributed by atoms with E-state index in [1.165, 1.54) is 0 Å². The van der Waals surface area contributed by atoms with Crippen molar-refractivity contribution >= 4 is 29.9 Å². The van der Waals surface area contributed by atoms with Crippen LogP contribution in [0.3, 0.4) is 0 Å². The molecule has 0 aliphatic heterocycles. The summed E-state index contributed by atoms with van der Waals surface area (Å²) in [5.41, 5.74) is 1.05. The van der Waals surface area contributed by atoms with Crippen LogP contribution in [-0.4, -0.2) is 24.2 Å². The summed E-state index contributed by atoms with van der Waals surface area (Å²) in [6.07, 6.45) is 2.18. The smallest absolute Gasteiger partial charge is 0.191 e. The minimum Gasteiger partial charge on any atom is -0.359 e. The van der Waals surface area contributed by atoms with Gasteiger partial charge in [-0.05, 0) is 26.7 Å². The average molecular weight is 394 g/mol. The molecule has 1 heterocycles. The first kappa shape index (κ1) is 19.2. The van der Waals surface area contributed by atoms with Gasteiger partial charge in [-0.3, -0.25) is 4.99 Å². The van der Waals surface area contributed by atoms with E-state index < -0.39 is 0 Å². The maximum absolute atomic E-state index is 5.35. The van der Waals surface area contributed by atoms with Crippen molar-refractivity contribution < 1.29 is 4.52 Å². The molecule has 0 saturated heterocycles. The van der Waals surface area contributed by atoms with Crippen LogP contribution >= 0.6 is 24.0 Å². The molecule has 0 amide bonds. The first-order valence-corrected chi connectivity index (χ1v) is 7.03. The third-order valence-electron chi connectivity index (χ3n) is 3.06. The second-order valence-electron chi connectivity index (χ2n) is 4.96. The highest BCUT2D eigenvalue weighted by Gasteiger charge is 2.13. The molecule has 116 valence electrons. The summed E-state index contributed by atoms with van der Waals surface area (Å²) in [5.74, 6) is 2.11.